The fourth-order valence-electron chi connectivity index (χ4n) is 2.32. The number of anilines is 1. The van der Waals surface area contributed by atoms with Crippen LogP contribution in [0.5, 0.6) is 0 Å². The van der Waals surface area contributed by atoms with Crippen LogP contribution < -0.4 is 10.6 Å². The van der Waals surface area contributed by atoms with Crippen molar-refractivity contribution in [2.75, 3.05) is 5.32 Å². The first kappa shape index (κ1) is 16.4. The smallest absolute Gasteiger partial charge is 0.251 e. The monoisotopic (exact) mass is 335 g/mol. The van der Waals surface area contributed by atoms with E-state index in [1.807, 2.05) is 37.3 Å². The molecule has 126 valence electrons. The Morgan fingerprint density at radius 3 is 2.52 bits per heavy atom. The zero-order chi connectivity index (χ0) is 17.6. The number of carbonyl (C=O) groups excluding carboxylic acids is 2. The molecule has 0 fully saturated rings. The van der Waals surface area contributed by atoms with Gasteiger partial charge in [-0.15, -0.1) is 5.10 Å². The molecule has 1 unspecified atom stereocenters. The molecule has 3 rings (SSSR count). The highest BCUT2D eigenvalue weighted by Crippen LogP contribution is 2.14. The third-order valence-corrected chi connectivity index (χ3v) is 3.70. The Labute approximate surface area is 144 Å². The summed E-state index contributed by atoms with van der Waals surface area (Å²) >= 11 is 0. The van der Waals surface area contributed by atoms with Crippen LogP contribution in [0, 0.1) is 0 Å². The Morgan fingerprint density at radius 2 is 1.84 bits per heavy atom. The number of hydrogen-bond acceptors (Lipinski definition) is 4. The Balaban J connectivity index is 1.67. The molecule has 0 radical (unpaired) electrons. The molecule has 7 nitrogen and oxygen atoms in total. The number of amides is 2. The van der Waals surface area contributed by atoms with Crippen LogP contribution in [-0.4, -0.2) is 27.3 Å². The minimum atomic E-state index is -0.294. The van der Waals surface area contributed by atoms with Gasteiger partial charge in [-0.25, -0.2) is 4.68 Å². The number of nitrogens with zero attached hydrogens (tertiary/aromatic N) is 3. The van der Waals surface area contributed by atoms with Crippen LogP contribution in [0.4, 0.5) is 5.69 Å². The van der Waals surface area contributed by atoms with Gasteiger partial charge >= 0.3 is 0 Å². The lowest BCUT2D eigenvalue weighted by atomic mass is 10.1. The van der Waals surface area contributed by atoms with Crippen molar-refractivity contribution in [2.24, 2.45) is 0 Å². The molecule has 2 N–H and O–H groups in total. The summed E-state index contributed by atoms with van der Waals surface area (Å²) in [6.07, 6.45) is 2.38. The van der Waals surface area contributed by atoms with Crippen LogP contribution in [0.3, 0.4) is 0 Å². The first-order chi connectivity index (χ1) is 12.2. The van der Waals surface area contributed by atoms with Gasteiger partial charge in [-0.2, -0.15) is 0 Å². The molecule has 0 aliphatic rings. The largest absolute Gasteiger partial charge is 0.344 e. The Hall–Kier alpha value is -3.48. The maximum absolute atomic E-state index is 12.3. The molecular formula is C18H17N5O2. The summed E-state index contributed by atoms with van der Waals surface area (Å²) in [5.74, 6) is -0.223. The zero-order valence-corrected chi connectivity index (χ0v) is 13.6. The molecule has 0 aliphatic carbocycles. The molecule has 0 saturated carbocycles. The first-order valence-corrected chi connectivity index (χ1v) is 7.76. The summed E-state index contributed by atoms with van der Waals surface area (Å²) in [7, 11) is 0. The Bertz CT molecular complexity index is 859. The summed E-state index contributed by atoms with van der Waals surface area (Å²) in [5.41, 5.74) is 2.69. The van der Waals surface area contributed by atoms with Crippen LogP contribution in [0.2, 0.25) is 0 Å². The predicted molar refractivity (Wildman–Crippen MR) is 93.4 cm³/mol. The summed E-state index contributed by atoms with van der Waals surface area (Å²) < 4.78 is 1.66. The maximum atomic E-state index is 12.3. The van der Waals surface area contributed by atoms with E-state index in [4.69, 9.17) is 0 Å². The van der Waals surface area contributed by atoms with Gasteiger partial charge in [0.15, 0.2) is 0 Å². The van der Waals surface area contributed by atoms with E-state index in [1.165, 1.54) is 0 Å². The number of rotatable bonds is 6. The third-order valence-electron chi connectivity index (χ3n) is 3.70. The van der Waals surface area contributed by atoms with Gasteiger partial charge in [0.05, 0.1) is 17.9 Å². The minimum absolute atomic E-state index is 0.223. The van der Waals surface area contributed by atoms with Gasteiger partial charge in [0.1, 0.15) is 5.69 Å². The van der Waals surface area contributed by atoms with Crippen LogP contribution in [-0.2, 0) is 4.79 Å². The van der Waals surface area contributed by atoms with Gasteiger partial charge in [0.25, 0.3) is 5.91 Å². The lowest BCUT2D eigenvalue weighted by molar-refractivity contribution is -0.105. The zero-order valence-electron chi connectivity index (χ0n) is 13.6. The average Bonchev–Trinajstić information content (AvgIpc) is 3.13. The van der Waals surface area contributed by atoms with E-state index in [0.717, 1.165) is 5.69 Å². The van der Waals surface area contributed by atoms with Crippen molar-refractivity contribution in [1.82, 2.24) is 20.3 Å². The predicted octanol–water partition coefficient (Wildman–Crippen LogP) is 2.33. The molecular weight excluding hydrogens is 318 g/mol. The first-order valence-electron chi connectivity index (χ1n) is 7.76. The van der Waals surface area contributed by atoms with Crippen LogP contribution in [0.25, 0.3) is 5.69 Å². The topological polar surface area (TPSA) is 88.9 Å². The van der Waals surface area contributed by atoms with E-state index in [1.54, 1.807) is 35.1 Å². The van der Waals surface area contributed by atoms with E-state index < -0.39 is 0 Å². The number of para-hydroxylation sites is 1. The minimum Gasteiger partial charge on any atom is -0.344 e. The summed E-state index contributed by atoms with van der Waals surface area (Å²) in [6.45, 7) is 1.85. The molecule has 0 aliphatic heterocycles. The average molecular weight is 335 g/mol. The molecule has 1 aromatic heterocycles. The van der Waals surface area contributed by atoms with Gasteiger partial charge in [0.2, 0.25) is 6.41 Å². The van der Waals surface area contributed by atoms with E-state index >= 15 is 0 Å². The molecule has 3 aromatic rings. The summed E-state index contributed by atoms with van der Waals surface area (Å²) in [6, 6.07) is 16.0. The molecule has 1 atom stereocenters. The van der Waals surface area contributed by atoms with Gasteiger partial charge in [0, 0.05) is 11.3 Å². The molecule has 0 spiro atoms. The van der Waals surface area contributed by atoms with Gasteiger partial charge < -0.3 is 10.6 Å². The van der Waals surface area contributed by atoms with Crippen molar-refractivity contribution in [3.8, 4) is 5.69 Å². The lowest BCUT2D eigenvalue weighted by Crippen LogP contribution is -2.26. The number of hydrogen-bond donors (Lipinski definition) is 2. The van der Waals surface area contributed by atoms with Crippen LogP contribution >= 0.6 is 0 Å². The normalized spacial score (nSPS) is 11.6. The van der Waals surface area contributed by atoms with Crippen molar-refractivity contribution >= 4 is 18.0 Å². The van der Waals surface area contributed by atoms with Crippen molar-refractivity contribution in [3.05, 3.63) is 72.1 Å². The second-order valence-electron chi connectivity index (χ2n) is 5.46. The SMILES string of the molecule is CC(NC(=O)c1ccc(NC=O)cc1)c1cn(-c2ccccc2)nn1. The number of carbonyl (C=O) groups is 2. The van der Waals surface area contributed by atoms with Crippen molar-refractivity contribution in [1.29, 1.82) is 0 Å². The van der Waals surface area contributed by atoms with Crippen LogP contribution in [0.15, 0.2) is 60.8 Å². The standard InChI is InChI=1S/C18H17N5O2/c1-13(17-11-23(22-21-17)16-5-3-2-4-6-16)20-18(25)14-7-9-15(10-8-14)19-12-24/h2-13H,1H3,(H,19,24)(H,20,25). The molecule has 2 amide bonds. The van der Waals surface area contributed by atoms with Gasteiger partial charge in [-0.3, -0.25) is 9.59 Å². The van der Waals surface area contributed by atoms with E-state index in [9.17, 15) is 9.59 Å². The van der Waals surface area contributed by atoms with E-state index in [0.29, 0.717) is 23.4 Å². The van der Waals surface area contributed by atoms with Crippen molar-refractivity contribution < 1.29 is 9.59 Å². The van der Waals surface area contributed by atoms with E-state index in [-0.39, 0.29) is 11.9 Å². The highest BCUT2D eigenvalue weighted by molar-refractivity contribution is 5.94. The molecule has 2 aromatic carbocycles. The Morgan fingerprint density at radius 1 is 1.12 bits per heavy atom. The highest BCUT2D eigenvalue weighted by Gasteiger charge is 2.15. The third kappa shape index (κ3) is 3.89. The molecule has 0 saturated heterocycles. The van der Waals surface area contributed by atoms with Crippen molar-refractivity contribution in [2.45, 2.75) is 13.0 Å². The molecule has 7 heteroatoms. The molecule has 1 heterocycles. The van der Waals surface area contributed by atoms with Crippen LogP contribution in [0.1, 0.15) is 29.0 Å². The molecule has 0 bridgehead atoms. The highest BCUT2D eigenvalue weighted by atomic mass is 16.1. The van der Waals surface area contributed by atoms with E-state index in [2.05, 4.69) is 20.9 Å². The fourth-order valence-corrected chi connectivity index (χ4v) is 2.32. The quantitative estimate of drug-likeness (QED) is 0.677. The Kier molecular flexibility index (Phi) is 4.84. The number of benzene rings is 2. The lowest BCUT2D eigenvalue weighted by Gasteiger charge is -2.11. The van der Waals surface area contributed by atoms with Crippen molar-refractivity contribution in [3.63, 3.8) is 0 Å². The van der Waals surface area contributed by atoms with Gasteiger partial charge in [-0.1, -0.05) is 23.4 Å². The number of aromatic nitrogens is 3. The summed E-state index contributed by atoms with van der Waals surface area (Å²) in [4.78, 5) is 22.7. The number of nitrogens with one attached hydrogen (secondary N) is 2. The molecule has 25 heavy (non-hydrogen) atoms. The van der Waals surface area contributed by atoms with Gasteiger partial charge in [-0.05, 0) is 43.3 Å². The second-order valence-corrected chi connectivity index (χ2v) is 5.46. The summed E-state index contributed by atoms with van der Waals surface area (Å²) in [5, 5.41) is 13.6. The fraction of sp³-hybridized carbons (Fsp3) is 0.111. The second kappa shape index (κ2) is 7.39. The maximum Gasteiger partial charge on any atom is 0.251 e.